The normalized spacial score (nSPS) is 24.4. The summed E-state index contributed by atoms with van der Waals surface area (Å²) in [6.07, 6.45) is 0. The highest BCUT2D eigenvalue weighted by Crippen LogP contribution is 2.32. The molecule has 0 amide bonds. The zero-order chi connectivity index (χ0) is 12.4. The van der Waals surface area contributed by atoms with Gasteiger partial charge in [0.1, 0.15) is 0 Å². The topological polar surface area (TPSA) is 53.0 Å². The fourth-order valence-corrected chi connectivity index (χ4v) is 3.59. The monoisotopic (exact) mass is 247 g/mol. The van der Waals surface area contributed by atoms with Gasteiger partial charge in [0.25, 0.3) is 0 Å². The van der Waals surface area contributed by atoms with Crippen LogP contribution in [0.2, 0.25) is 0 Å². The average Bonchev–Trinajstić information content (AvgIpc) is 2.28. The Hall–Kier alpha value is -1.34. The minimum Gasteiger partial charge on any atom is -0.397 e. The van der Waals surface area contributed by atoms with E-state index in [1.54, 1.807) is 6.07 Å². The third-order valence-corrected chi connectivity index (χ3v) is 4.15. The van der Waals surface area contributed by atoms with Gasteiger partial charge >= 0.3 is 0 Å². The van der Waals surface area contributed by atoms with Gasteiger partial charge in [-0.3, -0.25) is 0 Å². The molecular formula is C13H17N3S. The second kappa shape index (κ2) is 4.89. The highest BCUT2D eigenvalue weighted by atomic mass is 32.2. The quantitative estimate of drug-likeness (QED) is 0.775. The second-order valence-electron chi connectivity index (χ2n) is 4.55. The summed E-state index contributed by atoms with van der Waals surface area (Å²) >= 11 is 2.01. The summed E-state index contributed by atoms with van der Waals surface area (Å²) in [5.41, 5.74) is 8.44. The van der Waals surface area contributed by atoms with Gasteiger partial charge in [0, 0.05) is 23.6 Å². The second-order valence-corrected chi connectivity index (χ2v) is 6.43. The molecule has 3 nitrogen and oxygen atoms in total. The van der Waals surface area contributed by atoms with Crippen LogP contribution in [-0.2, 0) is 0 Å². The summed E-state index contributed by atoms with van der Waals surface area (Å²) in [6, 6.07) is 7.65. The Kier molecular flexibility index (Phi) is 3.49. The maximum absolute atomic E-state index is 8.94. The van der Waals surface area contributed by atoms with E-state index < -0.39 is 0 Å². The van der Waals surface area contributed by atoms with E-state index in [4.69, 9.17) is 11.0 Å². The molecule has 1 aromatic rings. The molecule has 0 radical (unpaired) electrons. The summed E-state index contributed by atoms with van der Waals surface area (Å²) < 4.78 is 0. The van der Waals surface area contributed by atoms with Crippen LogP contribution in [0.25, 0.3) is 0 Å². The SMILES string of the molecule is CC1CN(c2cc(C#N)ccc2N)CC(C)S1. The van der Waals surface area contributed by atoms with Gasteiger partial charge in [-0.2, -0.15) is 17.0 Å². The molecule has 1 fully saturated rings. The fourth-order valence-electron chi connectivity index (χ4n) is 2.26. The molecule has 0 saturated carbocycles. The Bertz CT molecular complexity index is 442. The summed E-state index contributed by atoms with van der Waals surface area (Å²) in [6.45, 7) is 6.46. The van der Waals surface area contributed by atoms with Gasteiger partial charge in [-0.15, -0.1) is 0 Å². The third-order valence-electron chi connectivity index (χ3n) is 2.92. The van der Waals surface area contributed by atoms with Gasteiger partial charge < -0.3 is 10.6 Å². The van der Waals surface area contributed by atoms with Gasteiger partial charge in [0.2, 0.25) is 0 Å². The van der Waals surface area contributed by atoms with Crippen LogP contribution in [0.4, 0.5) is 11.4 Å². The lowest BCUT2D eigenvalue weighted by Gasteiger charge is -2.36. The number of nitrogens with zero attached hydrogens (tertiary/aromatic N) is 2. The Morgan fingerprint density at radius 3 is 2.59 bits per heavy atom. The number of nitrogens with two attached hydrogens (primary N) is 1. The number of anilines is 2. The van der Waals surface area contributed by atoms with Gasteiger partial charge in [0.15, 0.2) is 0 Å². The standard InChI is InChI=1S/C13H17N3S/c1-9-7-16(8-10(2)17-9)13-5-11(6-14)3-4-12(13)15/h3-5,9-10H,7-8,15H2,1-2H3. The molecule has 17 heavy (non-hydrogen) atoms. The van der Waals surface area contributed by atoms with E-state index in [0.29, 0.717) is 16.1 Å². The van der Waals surface area contributed by atoms with Gasteiger partial charge in [0.05, 0.1) is 23.0 Å². The van der Waals surface area contributed by atoms with Crippen molar-refractivity contribution in [1.29, 1.82) is 5.26 Å². The first-order valence-electron chi connectivity index (χ1n) is 5.80. The molecule has 90 valence electrons. The summed E-state index contributed by atoms with van der Waals surface area (Å²) in [5.74, 6) is 0. The molecule has 2 unspecified atom stereocenters. The van der Waals surface area contributed by atoms with Crippen molar-refractivity contribution in [3.63, 3.8) is 0 Å². The number of hydrogen-bond donors (Lipinski definition) is 1. The van der Waals surface area contributed by atoms with Crippen LogP contribution in [0.3, 0.4) is 0 Å². The number of benzene rings is 1. The van der Waals surface area contributed by atoms with Crippen molar-refractivity contribution in [2.75, 3.05) is 23.7 Å². The summed E-state index contributed by atoms with van der Waals surface area (Å²) in [7, 11) is 0. The van der Waals surface area contributed by atoms with Crippen molar-refractivity contribution in [3.05, 3.63) is 23.8 Å². The largest absolute Gasteiger partial charge is 0.397 e. The molecule has 1 aromatic carbocycles. The molecule has 2 rings (SSSR count). The zero-order valence-electron chi connectivity index (χ0n) is 10.2. The van der Waals surface area contributed by atoms with Crippen molar-refractivity contribution in [2.45, 2.75) is 24.3 Å². The van der Waals surface area contributed by atoms with Crippen molar-refractivity contribution < 1.29 is 0 Å². The maximum atomic E-state index is 8.94. The van der Waals surface area contributed by atoms with Crippen molar-refractivity contribution in [3.8, 4) is 6.07 Å². The molecule has 1 aliphatic rings. The molecule has 1 aliphatic heterocycles. The van der Waals surface area contributed by atoms with Crippen LogP contribution in [0.5, 0.6) is 0 Å². The highest BCUT2D eigenvalue weighted by Gasteiger charge is 2.23. The van der Waals surface area contributed by atoms with E-state index in [-0.39, 0.29) is 0 Å². The molecule has 1 heterocycles. The Balaban J connectivity index is 2.30. The first kappa shape index (κ1) is 12.1. The summed E-state index contributed by atoms with van der Waals surface area (Å²) in [4.78, 5) is 2.29. The number of nitriles is 1. The Morgan fingerprint density at radius 2 is 2.00 bits per heavy atom. The highest BCUT2D eigenvalue weighted by molar-refractivity contribution is 8.00. The van der Waals surface area contributed by atoms with E-state index >= 15 is 0 Å². The van der Waals surface area contributed by atoms with Crippen molar-refractivity contribution in [2.24, 2.45) is 0 Å². The number of hydrogen-bond acceptors (Lipinski definition) is 4. The molecule has 0 aliphatic carbocycles. The van der Waals surface area contributed by atoms with Gasteiger partial charge in [-0.1, -0.05) is 13.8 Å². The van der Waals surface area contributed by atoms with Crippen LogP contribution in [0.1, 0.15) is 19.4 Å². The minimum absolute atomic E-state index is 0.601. The van der Waals surface area contributed by atoms with E-state index in [2.05, 4.69) is 24.8 Å². The van der Waals surface area contributed by atoms with E-state index in [1.165, 1.54) is 0 Å². The predicted octanol–water partition coefficient (Wildman–Crippen LogP) is 2.47. The van der Waals surface area contributed by atoms with Crippen LogP contribution in [0.15, 0.2) is 18.2 Å². The molecule has 2 N–H and O–H groups in total. The third kappa shape index (κ3) is 2.67. The lowest BCUT2D eigenvalue weighted by atomic mass is 10.1. The van der Waals surface area contributed by atoms with E-state index in [0.717, 1.165) is 24.5 Å². The van der Waals surface area contributed by atoms with Crippen LogP contribution in [0, 0.1) is 11.3 Å². The Labute approximate surface area is 107 Å². The molecule has 0 aromatic heterocycles. The smallest absolute Gasteiger partial charge is 0.0992 e. The van der Waals surface area contributed by atoms with Gasteiger partial charge in [-0.25, -0.2) is 0 Å². The van der Waals surface area contributed by atoms with Crippen LogP contribution < -0.4 is 10.6 Å². The summed E-state index contributed by atoms with van der Waals surface area (Å²) in [5, 5.41) is 10.1. The number of nitrogen functional groups attached to an aromatic ring is 1. The lowest BCUT2D eigenvalue weighted by Crippen LogP contribution is -2.40. The first-order chi connectivity index (χ1) is 8.10. The molecule has 1 saturated heterocycles. The van der Waals surface area contributed by atoms with E-state index in [9.17, 15) is 0 Å². The maximum Gasteiger partial charge on any atom is 0.0992 e. The lowest BCUT2D eigenvalue weighted by molar-refractivity contribution is 0.729. The van der Waals surface area contributed by atoms with E-state index in [1.807, 2.05) is 23.9 Å². The van der Waals surface area contributed by atoms with Crippen molar-refractivity contribution in [1.82, 2.24) is 0 Å². The minimum atomic E-state index is 0.601. The fraction of sp³-hybridized carbons (Fsp3) is 0.462. The Morgan fingerprint density at radius 1 is 1.35 bits per heavy atom. The van der Waals surface area contributed by atoms with Gasteiger partial charge in [-0.05, 0) is 18.2 Å². The van der Waals surface area contributed by atoms with Crippen LogP contribution >= 0.6 is 11.8 Å². The van der Waals surface area contributed by atoms with Crippen LogP contribution in [-0.4, -0.2) is 23.6 Å². The molecular weight excluding hydrogens is 230 g/mol. The number of thioether (sulfide) groups is 1. The van der Waals surface area contributed by atoms with Crippen molar-refractivity contribution >= 4 is 23.1 Å². The molecule has 2 atom stereocenters. The zero-order valence-corrected chi connectivity index (χ0v) is 11.0. The molecule has 4 heteroatoms. The number of rotatable bonds is 1. The average molecular weight is 247 g/mol. The predicted molar refractivity (Wildman–Crippen MR) is 74.3 cm³/mol. The molecule has 0 bridgehead atoms. The molecule has 0 spiro atoms. The first-order valence-corrected chi connectivity index (χ1v) is 6.74.